The Morgan fingerprint density at radius 2 is 1.12 bits per heavy atom. The van der Waals surface area contributed by atoms with Crippen molar-refractivity contribution in [1.82, 2.24) is 0 Å². The third-order valence-corrected chi connectivity index (χ3v) is 3.85. The molecule has 0 aliphatic heterocycles. The average molecular weight is 331 g/mol. The second-order valence-electron chi connectivity index (χ2n) is 4.75. The Morgan fingerprint density at radius 1 is 0.750 bits per heavy atom. The van der Waals surface area contributed by atoms with Crippen molar-refractivity contribution < 1.29 is 4.79 Å². The van der Waals surface area contributed by atoms with E-state index in [2.05, 4.69) is 6.92 Å². The Bertz CT molecular complexity index is 157. The van der Waals surface area contributed by atoms with E-state index in [-0.39, 0.29) is 0 Å². The summed E-state index contributed by atoms with van der Waals surface area (Å²) >= 11 is 0.811. The van der Waals surface area contributed by atoms with Crippen LogP contribution >= 0.6 is 0 Å². The fourth-order valence-electron chi connectivity index (χ4n) is 1.96. The summed E-state index contributed by atoms with van der Waals surface area (Å²) in [7, 11) is 0. The van der Waals surface area contributed by atoms with E-state index in [1.165, 1.54) is 64.2 Å². The second-order valence-corrected chi connectivity index (χ2v) is 6.59. The third-order valence-electron chi connectivity index (χ3n) is 3.03. The van der Waals surface area contributed by atoms with Crippen molar-refractivity contribution in [3.05, 3.63) is 0 Å². The molecule has 2 radical (unpaired) electrons. The van der Waals surface area contributed by atoms with Crippen molar-refractivity contribution in [2.24, 2.45) is 0 Å². The van der Waals surface area contributed by atoms with Gasteiger partial charge in [0.05, 0.1) is 0 Å². The van der Waals surface area contributed by atoms with E-state index < -0.39 is 0 Å². The molecule has 0 heterocycles. The number of hydrogen-bond donors (Lipinski definition) is 0. The zero-order valence-electron chi connectivity index (χ0n) is 11.0. The van der Waals surface area contributed by atoms with Gasteiger partial charge >= 0.3 is 102 Å². The summed E-state index contributed by atoms with van der Waals surface area (Å²) in [6, 6.07) is 0. The van der Waals surface area contributed by atoms with Crippen LogP contribution in [0.2, 0.25) is 0 Å². The van der Waals surface area contributed by atoms with Crippen molar-refractivity contribution in [3.8, 4) is 0 Å². The van der Waals surface area contributed by atoms with Crippen molar-refractivity contribution >= 4 is 26.3 Å². The van der Waals surface area contributed by atoms with Gasteiger partial charge in [-0.15, -0.1) is 0 Å². The van der Waals surface area contributed by atoms with E-state index in [4.69, 9.17) is 0 Å². The number of unbranched alkanes of at least 4 members (excludes halogenated alkanes) is 10. The molecule has 1 nitrogen and oxygen atoms in total. The van der Waals surface area contributed by atoms with Crippen LogP contribution in [-0.4, -0.2) is 26.3 Å². The molecule has 0 bridgehead atoms. The summed E-state index contributed by atoms with van der Waals surface area (Å²) in [6.45, 7) is 2.27. The third kappa shape index (κ3) is 14.5. The van der Waals surface area contributed by atoms with E-state index in [0.717, 1.165) is 35.4 Å². The predicted octanol–water partition coefficient (Wildman–Crippen LogP) is 4.11. The fourth-order valence-corrected chi connectivity index (χ4v) is 2.55. The van der Waals surface area contributed by atoms with Crippen LogP contribution in [0.15, 0.2) is 0 Å². The maximum absolute atomic E-state index is 10.8. The molecule has 0 saturated heterocycles. The minimum absolute atomic E-state index is 0.473. The molecule has 94 valence electrons. The van der Waals surface area contributed by atoms with Crippen LogP contribution in [0, 0.1) is 0 Å². The molecular formula is C14H28OSn. The Labute approximate surface area is 115 Å². The summed E-state index contributed by atoms with van der Waals surface area (Å²) in [4.78, 5) is 10.8. The van der Waals surface area contributed by atoms with Crippen LogP contribution in [0.5, 0.6) is 0 Å². The number of rotatable bonds is 12. The Hall–Kier alpha value is 0.469. The number of hydrogen-bond acceptors (Lipinski definition) is 1. The van der Waals surface area contributed by atoms with E-state index in [9.17, 15) is 4.79 Å². The normalized spacial score (nSPS) is 10.6. The topological polar surface area (TPSA) is 17.1 Å². The van der Waals surface area contributed by atoms with E-state index in [0.29, 0.717) is 3.80 Å². The quantitative estimate of drug-likeness (QED) is 0.388. The molecule has 0 unspecified atom stereocenters. The summed E-state index contributed by atoms with van der Waals surface area (Å²) in [5.74, 6) is 0. The van der Waals surface area contributed by atoms with Crippen LogP contribution in [0.3, 0.4) is 0 Å². The van der Waals surface area contributed by atoms with Crippen LogP contribution in [-0.2, 0) is 4.79 Å². The zero-order valence-corrected chi connectivity index (χ0v) is 14.3. The van der Waals surface area contributed by atoms with Gasteiger partial charge in [-0.05, 0) is 0 Å². The molecule has 0 aromatic heterocycles. The van der Waals surface area contributed by atoms with Crippen LogP contribution in [0.4, 0.5) is 0 Å². The standard InChI is InChI=1S/C14H27O.Sn.H/c1-2-3-4-5-6-7-8-9-10-11-12-13-14-15;;/h2-13H2,1H3;;. The van der Waals surface area contributed by atoms with E-state index in [1.54, 1.807) is 0 Å². The molecule has 0 N–H and O–H groups in total. The maximum atomic E-state index is 10.8. The van der Waals surface area contributed by atoms with Crippen molar-refractivity contribution in [2.45, 2.75) is 84.0 Å². The molecule has 0 fully saturated rings. The summed E-state index contributed by atoms with van der Waals surface area (Å²) in [5.41, 5.74) is 0. The van der Waals surface area contributed by atoms with Gasteiger partial charge in [0.15, 0.2) is 0 Å². The summed E-state index contributed by atoms with van der Waals surface area (Å²) < 4.78 is 0.473. The Balaban J connectivity index is 2.90. The molecule has 0 amide bonds. The molecule has 16 heavy (non-hydrogen) atoms. The van der Waals surface area contributed by atoms with Gasteiger partial charge in [-0.25, -0.2) is 0 Å². The minimum atomic E-state index is 0.473. The van der Waals surface area contributed by atoms with Crippen LogP contribution < -0.4 is 0 Å². The van der Waals surface area contributed by atoms with Gasteiger partial charge in [0.25, 0.3) is 0 Å². The SMILES string of the molecule is CCCCCCCCCCCCC[C](=O)[SnH]. The fraction of sp³-hybridized carbons (Fsp3) is 0.929. The molecular weight excluding hydrogens is 303 g/mol. The van der Waals surface area contributed by atoms with E-state index >= 15 is 0 Å². The average Bonchev–Trinajstić information content (AvgIpc) is 2.25. The molecule has 0 atom stereocenters. The first-order chi connectivity index (χ1) is 7.77. The summed E-state index contributed by atoms with van der Waals surface area (Å²) in [5, 5.41) is 0. The van der Waals surface area contributed by atoms with Gasteiger partial charge in [0.2, 0.25) is 0 Å². The summed E-state index contributed by atoms with van der Waals surface area (Å²) in [6.07, 6.45) is 15.8. The molecule has 0 spiro atoms. The number of carbonyl (C=O) groups is 1. The van der Waals surface area contributed by atoms with Gasteiger partial charge in [-0.3, -0.25) is 0 Å². The van der Waals surface area contributed by atoms with Crippen molar-refractivity contribution in [1.29, 1.82) is 0 Å². The van der Waals surface area contributed by atoms with Crippen LogP contribution in [0.25, 0.3) is 0 Å². The molecule has 2 heteroatoms. The van der Waals surface area contributed by atoms with Gasteiger partial charge in [0.1, 0.15) is 0 Å². The molecule has 0 aliphatic rings. The van der Waals surface area contributed by atoms with Crippen LogP contribution in [0.1, 0.15) is 84.0 Å². The first-order valence-corrected chi connectivity index (χ1v) is 8.70. The molecule has 0 aliphatic carbocycles. The Morgan fingerprint density at radius 3 is 1.50 bits per heavy atom. The van der Waals surface area contributed by atoms with E-state index in [1.807, 2.05) is 0 Å². The van der Waals surface area contributed by atoms with Gasteiger partial charge < -0.3 is 0 Å². The zero-order chi connectivity index (χ0) is 12.1. The predicted molar refractivity (Wildman–Crippen MR) is 73.2 cm³/mol. The molecule has 0 aromatic carbocycles. The van der Waals surface area contributed by atoms with Crippen molar-refractivity contribution in [3.63, 3.8) is 0 Å². The van der Waals surface area contributed by atoms with Gasteiger partial charge in [-0.1, -0.05) is 13.3 Å². The van der Waals surface area contributed by atoms with Gasteiger partial charge in [0, 0.05) is 0 Å². The first kappa shape index (κ1) is 16.5. The number of carbonyl (C=O) groups excluding carboxylic acids is 1. The first-order valence-electron chi connectivity index (χ1n) is 7.05. The Kier molecular flexibility index (Phi) is 13.9. The second kappa shape index (κ2) is 13.5. The monoisotopic (exact) mass is 332 g/mol. The van der Waals surface area contributed by atoms with Crippen molar-refractivity contribution in [2.75, 3.05) is 0 Å². The van der Waals surface area contributed by atoms with Gasteiger partial charge in [-0.2, -0.15) is 0 Å². The molecule has 0 rings (SSSR count). The molecule has 0 aromatic rings. The molecule has 0 saturated carbocycles.